The molecule has 0 aliphatic carbocycles. The van der Waals surface area contributed by atoms with E-state index in [1.165, 1.54) is 0 Å². The molecule has 2 unspecified atom stereocenters. The van der Waals surface area contributed by atoms with E-state index >= 15 is 0 Å². The first-order chi connectivity index (χ1) is 17.4. The molecular formula is C24H31Cl2N4O5P. The van der Waals surface area contributed by atoms with Gasteiger partial charge in [0.1, 0.15) is 12.6 Å². The lowest BCUT2D eigenvalue weighted by Crippen LogP contribution is -2.56. The van der Waals surface area contributed by atoms with Crippen LogP contribution >= 0.6 is 30.9 Å². The predicted octanol–water partition coefficient (Wildman–Crippen LogP) is 3.86. The van der Waals surface area contributed by atoms with E-state index in [1.54, 1.807) is 4.67 Å². The Kier molecular flexibility index (Phi) is 11.5. The van der Waals surface area contributed by atoms with Crippen molar-refractivity contribution in [1.82, 2.24) is 20.4 Å². The van der Waals surface area contributed by atoms with Crippen molar-refractivity contribution in [1.29, 1.82) is 0 Å². The van der Waals surface area contributed by atoms with E-state index in [-0.39, 0.29) is 31.4 Å². The predicted molar refractivity (Wildman–Crippen MR) is 140 cm³/mol. The van der Waals surface area contributed by atoms with Crippen molar-refractivity contribution in [2.75, 3.05) is 31.5 Å². The van der Waals surface area contributed by atoms with Crippen LogP contribution in [0.5, 0.6) is 0 Å². The van der Waals surface area contributed by atoms with E-state index in [2.05, 4.69) is 15.7 Å². The minimum atomic E-state index is -3.45. The minimum Gasteiger partial charge on any atom is -0.445 e. The molecule has 1 saturated heterocycles. The highest BCUT2D eigenvalue weighted by molar-refractivity contribution is 7.54. The number of amides is 2. The SMILES string of the molecule is O=C(N[C@@H](Cc1ccccc1)C(=O)NC1CCOP(=O)(N(CCCl)CCCl)N1)OCc1ccccc1. The zero-order valence-corrected chi connectivity index (χ0v) is 22.2. The molecule has 12 heteroatoms. The first kappa shape index (κ1) is 28.4. The van der Waals surface area contributed by atoms with E-state index in [4.69, 9.17) is 32.5 Å². The zero-order valence-electron chi connectivity index (χ0n) is 19.8. The summed E-state index contributed by atoms with van der Waals surface area (Å²) >= 11 is 11.7. The second kappa shape index (κ2) is 14.6. The standard InChI is InChI=1S/C24H31Cl2N4O5P/c25-12-14-30(15-13-26)36(33)29-22(11-16-35-36)28-23(31)21(17-19-7-3-1-4-8-19)27-24(32)34-18-20-9-5-2-6-10-20/h1-10,21-22H,11-18H2,(H,27,32)(H,28,31)(H,29,33)/t21-,22?,36?/m0/s1. The van der Waals surface area contributed by atoms with Crippen LogP contribution in [0.1, 0.15) is 17.5 Å². The van der Waals surface area contributed by atoms with Crippen LogP contribution in [0.4, 0.5) is 4.79 Å². The second-order valence-corrected chi connectivity index (χ2v) is 11.0. The molecule has 0 radical (unpaired) electrons. The molecule has 0 saturated carbocycles. The van der Waals surface area contributed by atoms with Crippen LogP contribution in [-0.4, -0.2) is 60.3 Å². The van der Waals surface area contributed by atoms with Gasteiger partial charge in [0, 0.05) is 37.7 Å². The average molecular weight is 557 g/mol. The molecule has 9 nitrogen and oxygen atoms in total. The van der Waals surface area contributed by atoms with Gasteiger partial charge in [-0.15, -0.1) is 23.2 Å². The molecule has 1 aliphatic rings. The summed E-state index contributed by atoms with van der Waals surface area (Å²) in [6, 6.07) is 17.7. The number of rotatable bonds is 12. The van der Waals surface area contributed by atoms with Crippen LogP contribution < -0.4 is 15.7 Å². The highest BCUT2D eigenvalue weighted by atomic mass is 35.5. The van der Waals surface area contributed by atoms with Crippen molar-refractivity contribution >= 4 is 42.9 Å². The lowest BCUT2D eigenvalue weighted by Gasteiger charge is -2.37. The van der Waals surface area contributed by atoms with E-state index < -0.39 is 31.9 Å². The van der Waals surface area contributed by atoms with Gasteiger partial charge < -0.3 is 19.9 Å². The summed E-state index contributed by atoms with van der Waals surface area (Å²) in [5.74, 6) is 0.0523. The van der Waals surface area contributed by atoms with E-state index in [0.29, 0.717) is 19.5 Å². The van der Waals surface area contributed by atoms with Gasteiger partial charge >= 0.3 is 13.8 Å². The van der Waals surface area contributed by atoms with Gasteiger partial charge in [0.15, 0.2) is 0 Å². The van der Waals surface area contributed by atoms with Gasteiger partial charge in [-0.1, -0.05) is 60.7 Å². The molecule has 2 aromatic carbocycles. The van der Waals surface area contributed by atoms with Gasteiger partial charge in [0.05, 0.1) is 12.8 Å². The molecular weight excluding hydrogens is 526 g/mol. The fourth-order valence-corrected chi connectivity index (χ4v) is 6.38. The van der Waals surface area contributed by atoms with Crippen LogP contribution in [0.25, 0.3) is 0 Å². The Labute approximate surface area is 221 Å². The smallest absolute Gasteiger partial charge is 0.408 e. The first-order valence-corrected chi connectivity index (χ1v) is 14.3. The van der Waals surface area contributed by atoms with Crippen molar-refractivity contribution in [3.05, 3.63) is 71.8 Å². The maximum atomic E-state index is 13.4. The van der Waals surface area contributed by atoms with Gasteiger partial charge in [-0.3, -0.25) is 9.36 Å². The molecule has 1 aliphatic heterocycles. The third-order valence-corrected chi connectivity index (χ3v) is 8.12. The van der Waals surface area contributed by atoms with Gasteiger partial charge in [-0.25, -0.2) is 14.6 Å². The van der Waals surface area contributed by atoms with Gasteiger partial charge in [0.25, 0.3) is 0 Å². The molecule has 3 N–H and O–H groups in total. The lowest BCUT2D eigenvalue weighted by atomic mass is 10.1. The summed E-state index contributed by atoms with van der Waals surface area (Å²) in [5, 5.41) is 8.43. The number of alkyl halides is 2. The monoisotopic (exact) mass is 556 g/mol. The fraction of sp³-hybridized carbons (Fsp3) is 0.417. The Hall–Kier alpha value is -2.13. The summed E-state index contributed by atoms with van der Waals surface area (Å²) in [5.41, 5.74) is 1.69. The Balaban J connectivity index is 1.65. The first-order valence-electron chi connectivity index (χ1n) is 11.6. The zero-order chi connectivity index (χ0) is 25.8. The number of carbonyl (C=O) groups is 2. The average Bonchev–Trinajstić information content (AvgIpc) is 2.88. The molecule has 2 amide bonds. The number of benzene rings is 2. The topological polar surface area (TPSA) is 109 Å². The minimum absolute atomic E-state index is 0.0774. The number of hydrogen-bond acceptors (Lipinski definition) is 5. The number of nitrogens with one attached hydrogen (secondary N) is 3. The molecule has 0 spiro atoms. The van der Waals surface area contributed by atoms with E-state index in [9.17, 15) is 14.2 Å². The number of nitrogens with zero attached hydrogens (tertiary/aromatic N) is 1. The molecule has 196 valence electrons. The Morgan fingerprint density at radius 2 is 1.67 bits per heavy atom. The van der Waals surface area contributed by atoms with Gasteiger partial charge in [-0.05, 0) is 11.1 Å². The van der Waals surface area contributed by atoms with Crippen molar-refractivity contribution in [2.45, 2.75) is 31.7 Å². The molecule has 36 heavy (non-hydrogen) atoms. The molecule has 0 bridgehead atoms. The summed E-state index contributed by atoms with van der Waals surface area (Å²) in [6.07, 6.45) is -0.706. The third-order valence-electron chi connectivity index (χ3n) is 5.47. The van der Waals surface area contributed by atoms with Crippen molar-refractivity contribution < 1.29 is 23.4 Å². The molecule has 3 atom stereocenters. The number of hydrogen-bond donors (Lipinski definition) is 3. The van der Waals surface area contributed by atoms with Crippen LogP contribution in [0.3, 0.4) is 0 Å². The Morgan fingerprint density at radius 3 is 2.28 bits per heavy atom. The Bertz CT molecular complexity index is 1010. The summed E-state index contributed by atoms with van der Waals surface area (Å²) in [6.45, 7) is 0.871. The highest BCUT2D eigenvalue weighted by Gasteiger charge is 2.38. The molecule has 1 heterocycles. The molecule has 0 aromatic heterocycles. The van der Waals surface area contributed by atoms with Crippen molar-refractivity contribution in [2.24, 2.45) is 0 Å². The van der Waals surface area contributed by atoms with Gasteiger partial charge in [-0.2, -0.15) is 0 Å². The van der Waals surface area contributed by atoms with Gasteiger partial charge in [0.2, 0.25) is 5.91 Å². The molecule has 3 rings (SSSR count). The quantitative estimate of drug-likeness (QED) is 0.269. The van der Waals surface area contributed by atoms with Crippen molar-refractivity contribution in [3.8, 4) is 0 Å². The number of ether oxygens (including phenoxy) is 1. The largest absolute Gasteiger partial charge is 0.445 e. The normalized spacial score (nSPS) is 20.5. The lowest BCUT2D eigenvalue weighted by molar-refractivity contribution is -0.124. The van der Waals surface area contributed by atoms with E-state index in [0.717, 1.165) is 11.1 Å². The van der Waals surface area contributed by atoms with E-state index in [1.807, 2.05) is 60.7 Å². The molecule has 2 aromatic rings. The van der Waals surface area contributed by atoms with Crippen LogP contribution in [0, 0.1) is 0 Å². The van der Waals surface area contributed by atoms with Crippen LogP contribution in [0.15, 0.2) is 60.7 Å². The summed E-state index contributed by atoms with van der Waals surface area (Å²) in [7, 11) is -3.45. The third kappa shape index (κ3) is 8.76. The highest BCUT2D eigenvalue weighted by Crippen LogP contribution is 2.49. The fourth-order valence-electron chi connectivity index (χ4n) is 3.67. The summed E-state index contributed by atoms with van der Waals surface area (Å²) in [4.78, 5) is 25.8. The maximum Gasteiger partial charge on any atom is 0.408 e. The van der Waals surface area contributed by atoms with Crippen LogP contribution in [-0.2, 0) is 31.6 Å². The number of carbonyl (C=O) groups excluding carboxylic acids is 2. The second-order valence-electron chi connectivity index (χ2n) is 8.11. The summed E-state index contributed by atoms with van der Waals surface area (Å²) < 4.78 is 25.8. The Morgan fingerprint density at radius 1 is 1.06 bits per heavy atom. The number of halogens is 2. The maximum absolute atomic E-state index is 13.4. The van der Waals surface area contributed by atoms with Crippen molar-refractivity contribution in [3.63, 3.8) is 0 Å². The molecule has 1 fully saturated rings. The van der Waals surface area contributed by atoms with Crippen LogP contribution in [0.2, 0.25) is 0 Å². The number of alkyl carbamates (subject to hydrolysis) is 1.